The molecule has 0 bridgehead atoms. The van der Waals surface area contributed by atoms with Crippen molar-refractivity contribution in [2.24, 2.45) is 0 Å². The third-order valence-electron chi connectivity index (χ3n) is 1.71. The standard InChI is InChI=1S/C10H9FINO2/c1-14-4-5-15-9-3-2-8(12)7(6-13)10(9)11/h2-3H,4-5H2,1H3. The highest BCUT2D eigenvalue weighted by molar-refractivity contribution is 14.1. The first kappa shape index (κ1) is 12.2. The van der Waals surface area contributed by atoms with E-state index in [1.165, 1.54) is 13.2 Å². The molecule has 0 unspecified atom stereocenters. The zero-order valence-corrected chi connectivity index (χ0v) is 10.2. The van der Waals surface area contributed by atoms with Gasteiger partial charge in [0.25, 0.3) is 0 Å². The smallest absolute Gasteiger partial charge is 0.183 e. The molecule has 0 heterocycles. The van der Waals surface area contributed by atoms with E-state index in [-0.39, 0.29) is 17.9 Å². The fourth-order valence-electron chi connectivity index (χ4n) is 0.982. The van der Waals surface area contributed by atoms with Crippen molar-refractivity contribution in [1.82, 2.24) is 0 Å². The van der Waals surface area contributed by atoms with Crippen LogP contribution in [-0.2, 0) is 4.74 Å². The highest BCUT2D eigenvalue weighted by Gasteiger charge is 2.12. The molecule has 0 saturated heterocycles. The van der Waals surface area contributed by atoms with Crippen LogP contribution in [0.25, 0.3) is 0 Å². The van der Waals surface area contributed by atoms with Crippen molar-refractivity contribution in [3.8, 4) is 11.8 Å². The molecule has 0 N–H and O–H groups in total. The van der Waals surface area contributed by atoms with Gasteiger partial charge in [-0.1, -0.05) is 0 Å². The van der Waals surface area contributed by atoms with Crippen molar-refractivity contribution in [2.75, 3.05) is 20.3 Å². The Morgan fingerprint density at radius 3 is 2.80 bits per heavy atom. The molecule has 0 atom stereocenters. The maximum absolute atomic E-state index is 13.6. The summed E-state index contributed by atoms with van der Waals surface area (Å²) in [4.78, 5) is 0. The molecule has 1 rings (SSSR count). The molecule has 0 aliphatic rings. The molecule has 5 heteroatoms. The van der Waals surface area contributed by atoms with Crippen LogP contribution >= 0.6 is 22.6 Å². The van der Waals surface area contributed by atoms with Gasteiger partial charge in [0.05, 0.1) is 6.61 Å². The number of nitrogens with zero attached hydrogens (tertiary/aromatic N) is 1. The summed E-state index contributed by atoms with van der Waals surface area (Å²) in [6, 6.07) is 4.95. The number of benzene rings is 1. The van der Waals surface area contributed by atoms with Crippen LogP contribution < -0.4 is 4.74 Å². The molecule has 1 aromatic carbocycles. The van der Waals surface area contributed by atoms with Crippen LogP contribution in [0, 0.1) is 20.7 Å². The molecule has 0 fully saturated rings. The Kier molecular flexibility index (Phi) is 4.78. The second kappa shape index (κ2) is 5.88. The van der Waals surface area contributed by atoms with Crippen molar-refractivity contribution in [1.29, 1.82) is 5.26 Å². The van der Waals surface area contributed by atoms with Crippen LogP contribution in [0.15, 0.2) is 12.1 Å². The first-order valence-corrected chi connectivity index (χ1v) is 5.28. The van der Waals surface area contributed by atoms with E-state index in [2.05, 4.69) is 0 Å². The van der Waals surface area contributed by atoms with Crippen molar-refractivity contribution in [2.45, 2.75) is 0 Å². The Hall–Kier alpha value is -0.870. The van der Waals surface area contributed by atoms with Gasteiger partial charge in [0, 0.05) is 10.7 Å². The highest BCUT2D eigenvalue weighted by atomic mass is 127. The van der Waals surface area contributed by atoms with E-state index in [4.69, 9.17) is 14.7 Å². The van der Waals surface area contributed by atoms with Crippen LogP contribution in [0.5, 0.6) is 5.75 Å². The molecule has 15 heavy (non-hydrogen) atoms. The molecule has 0 aliphatic carbocycles. The minimum absolute atomic E-state index is 0.0190. The summed E-state index contributed by atoms with van der Waals surface area (Å²) in [7, 11) is 1.54. The minimum atomic E-state index is -0.611. The van der Waals surface area contributed by atoms with Gasteiger partial charge in [-0.05, 0) is 34.7 Å². The number of ether oxygens (including phenoxy) is 2. The van der Waals surface area contributed by atoms with Gasteiger partial charge in [0.15, 0.2) is 11.6 Å². The van der Waals surface area contributed by atoms with E-state index in [0.29, 0.717) is 10.2 Å². The van der Waals surface area contributed by atoms with Crippen LogP contribution in [0.1, 0.15) is 5.56 Å². The molecule has 0 aliphatic heterocycles. The van der Waals surface area contributed by atoms with E-state index in [9.17, 15) is 4.39 Å². The number of methoxy groups -OCH3 is 1. The predicted molar refractivity (Wildman–Crippen MR) is 61.2 cm³/mol. The van der Waals surface area contributed by atoms with Gasteiger partial charge in [-0.2, -0.15) is 5.26 Å². The number of halogens is 2. The fourth-order valence-corrected chi connectivity index (χ4v) is 1.52. The molecule has 0 amide bonds. The number of hydrogen-bond acceptors (Lipinski definition) is 3. The van der Waals surface area contributed by atoms with Crippen LogP contribution in [0.2, 0.25) is 0 Å². The monoisotopic (exact) mass is 321 g/mol. The van der Waals surface area contributed by atoms with E-state index in [1.54, 1.807) is 12.1 Å². The third-order valence-corrected chi connectivity index (χ3v) is 2.61. The topological polar surface area (TPSA) is 42.2 Å². The average Bonchev–Trinajstić information content (AvgIpc) is 2.22. The Labute approximate surface area is 101 Å². The van der Waals surface area contributed by atoms with Gasteiger partial charge >= 0.3 is 0 Å². The maximum atomic E-state index is 13.6. The summed E-state index contributed by atoms with van der Waals surface area (Å²) < 4.78 is 24.0. The summed E-state index contributed by atoms with van der Waals surface area (Å²) in [5.74, 6) is -0.524. The molecule has 80 valence electrons. The quantitative estimate of drug-likeness (QED) is 0.631. The van der Waals surface area contributed by atoms with E-state index >= 15 is 0 Å². The van der Waals surface area contributed by atoms with Gasteiger partial charge in [-0.15, -0.1) is 0 Å². The lowest BCUT2D eigenvalue weighted by Gasteiger charge is -2.07. The minimum Gasteiger partial charge on any atom is -0.488 e. The lowest BCUT2D eigenvalue weighted by Crippen LogP contribution is -2.06. The van der Waals surface area contributed by atoms with E-state index in [0.717, 1.165) is 0 Å². The summed E-state index contributed by atoms with van der Waals surface area (Å²) in [6.07, 6.45) is 0. The number of hydrogen-bond donors (Lipinski definition) is 0. The Morgan fingerprint density at radius 2 is 2.20 bits per heavy atom. The third kappa shape index (κ3) is 3.04. The Bertz CT molecular complexity index is 390. The van der Waals surface area contributed by atoms with Gasteiger partial charge < -0.3 is 9.47 Å². The van der Waals surface area contributed by atoms with Gasteiger partial charge in [-0.3, -0.25) is 0 Å². The van der Waals surface area contributed by atoms with E-state index < -0.39 is 5.82 Å². The fraction of sp³-hybridized carbons (Fsp3) is 0.300. The highest BCUT2D eigenvalue weighted by Crippen LogP contribution is 2.24. The Morgan fingerprint density at radius 1 is 1.47 bits per heavy atom. The second-order valence-corrected chi connectivity index (χ2v) is 3.85. The van der Waals surface area contributed by atoms with E-state index in [1.807, 2.05) is 22.6 Å². The van der Waals surface area contributed by atoms with Gasteiger partial charge in [0.2, 0.25) is 0 Å². The lowest BCUT2D eigenvalue weighted by molar-refractivity contribution is 0.144. The summed E-state index contributed by atoms with van der Waals surface area (Å²) in [5, 5.41) is 8.72. The molecule has 3 nitrogen and oxygen atoms in total. The average molecular weight is 321 g/mol. The van der Waals surface area contributed by atoms with Crippen LogP contribution in [0.4, 0.5) is 4.39 Å². The Balaban J connectivity index is 2.87. The van der Waals surface area contributed by atoms with Crippen molar-refractivity contribution >= 4 is 22.6 Å². The van der Waals surface area contributed by atoms with Gasteiger partial charge in [-0.25, -0.2) is 4.39 Å². The van der Waals surface area contributed by atoms with Gasteiger partial charge in [0.1, 0.15) is 18.2 Å². The molecule has 0 radical (unpaired) electrons. The lowest BCUT2D eigenvalue weighted by atomic mass is 10.2. The first-order chi connectivity index (χ1) is 7.20. The normalized spacial score (nSPS) is 9.73. The van der Waals surface area contributed by atoms with Crippen LogP contribution in [0.3, 0.4) is 0 Å². The largest absolute Gasteiger partial charge is 0.488 e. The van der Waals surface area contributed by atoms with Crippen molar-refractivity contribution < 1.29 is 13.9 Å². The van der Waals surface area contributed by atoms with Crippen molar-refractivity contribution in [3.63, 3.8) is 0 Å². The molecule has 0 saturated carbocycles. The molecular weight excluding hydrogens is 312 g/mol. The molecule has 0 spiro atoms. The number of rotatable bonds is 4. The molecular formula is C10H9FINO2. The second-order valence-electron chi connectivity index (χ2n) is 2.69. The summed E-state index contributed by atoms with van der Waals surface area (Å²) >= 11 is 1.91. The zero-order valence-electron chi connectivity index (χ0n) is 8.09. The summed E-state index contributed by atoms with van der Waals surface area (Å²) in [5.41, 5.74) is 0.0190. The predicted octanol–water partition coefficient (Wildman–Crippen LogP) is 2.33. The molecule has 1 aromatic rings. The summed E-state index contributed by atoms with van der Waals surface area (Å²) in [6.45, 7) is 0.645. The SMILES string of the molecule is COCCOc1ccc(I)c(C#N)c1F. The zero-order chi connectivity index (χ0) is 11.3. The van der Waals surface area contributed by atoms with Crippen molar-refractivity contribution in [3.05, 3.63) is 27.1 Å². The molecule has 0 aromatic heterocycles. The van der Waals surface area contributed by atoms with Crippen LogP contribution in [-0.4, -0.2) is 20.3 Å². The maximum Gasteiger partial charge on any atom is 0.183 e. The number of nitriles is 1. The first-order valence-electron chi connectivity index (χ1n) is 4.20.